The Kier molecular flexibility index (Phi) is 5.19. The molecule has 0 saturated carbocycles. The highest BCUT2D eigenvalue weighted by molar-refractivity contribution is 7.98. The molecule has 0 bridgehead atoms. The van der Waals surface area contributed by atoms with E-state index in [4.69, 9.17) is 0 Å². The number of thioether (sulfide) groups is 1. The van der Waals surface area contributed by atoms with Gasteiger partial charge >= 0.3 is 6.18 Å². The van der Waals surface area contributed by atoms with Gasteiger partial charge in [0, 0.05) is 29.3 Å². The highest BCUT2D eigenvalue weighted by Crippen LogP contribution is 2.38. The fourth-order valence-corrected chi connectivity index (χ4v) is 2.91. The molecule has 2 aromatic heterocycles. The van der Waals surface area contributed by atoms with E-state index in [9.17, 15) is 18.4 Å². The van der Waals surface area contributed by atoms with E-state index >= 15 is 0 Å². The number of nitrogens with zero attached hydrogens (tertiary/aromatic N) is 3. The van der Waals surface area contributed by atoms with Gasteiger partial charge in [0.05, 0.1) is 11.1 Å². The lowest BCUT2D eigenvalue weighted by atomic mass is 9.90. The summed E-state index contributed by atoms with van der Waals surface area (Å²) in [5, 5.41) is 9.34. The predicted molar refractivity (Wildman–Crippen MR) is 86.5 cm³/mol. The van der Waals surface area contributed by atoms with Crippen LogP contribution in [0.2, 0.25) is 0 Å². The first kappa shape index (κ1) is 18.3. The molecule has 0 atom stereocenters. The van der Waals surface area contributed by atoms with Crippen molar-refractivity contribution in [3.05, 3.63) is 53.0 Å². The first-order valence-electron chi connectivity index (χ1n) is 7.17. The number of hydrogen-bond donors (Lipinski definition) is 0. The molecule has 0 saturated heterocycles. The molecule has 0 spiro atoms. The van der Waals surface area contributed by atoms with Gasteiger partial charge in [-0.05, 0) is 17.7 Å². The Morgan fingerprint density at radius 3 is 2.46 bits per heavy atom. The van der Waals surface area contributed by atoms with Crippen molar-refractivity contribution >= 4 is 11.8 Å². The van der Waals surface area contributed by atoms with Gasteiger partial charge < -0.3 is 0 Å². The van der Waals surface area contributed by atoms with E-state index in [1.54, 1.807) is 45.3 Å². The molecule has 126 valence electrons. The summed E-state index contributed by atoms with van der Waals surface area (Å²) in [5.74, 6) is 0.389. The molecule has 0 aliphatic rings. The van der Waals surface area contributed by atoms with Gasteiger partial charge in [-0.15, -0.1) is 11.8 Å². The Bertz CT molecular complexity index is 760. The molecule has 0 fully saturated rings. The number of alkyl halides is 3. The third kappa shape index (κ3) is 4.26. The van der Waals surface area contributed by atoms with Crippen LogP contribution in [0.1, 0.15) is 43.2 Å². The zero-order valence-electron chi connectivity index (χ0n) is 13.5. The maximum atomic E-state index is 13.3. The van der Waals surface area contributed by atoms with Crippen molar-refractivity contribution in [2.45, 2.75) is 43.1 Å². The molecule has 0 N–H and O–H groups in total. The van der Waals surface area contributed by atoms with Crippen molar-refractivity contribution in [3.63, 3.8) is 0 Å². The first-order chi connectivity index (χ1) is 11.1. The van der Waals surface area contributed by atoms with Crippen LogP contribution in [0, 0.1) is 11.3 Å². The molecule has 24 heavy (non-hydrogen) atoms. The van der Waals surface area contributed by atoms with Crippen LogP contribution in [0.4, 0.5) is 13.2 Å². The van der Waals surface area contributed by atoms with Gasteiger partial charge in [-0.25, -0.2) is 4.98 Å². The second-order valence-electron chi connectivity index (χ2n) is 6.24. The van der Waals surface area contributed by atoms with Gasteiger partial charge in [-0.2, -0.15) is 18.4 Å². The fourth-order valence-electron chi connectivity index (χ4n) is 1.98. The van der Waals surface area contributed by atoms with Gasteiger partial charge in [-0.3, -0.25) is 4.98 Å². The fraction of sp³-hybridized carbons (Fsp3) is 0.353. The number of halogens is 3. The lowest BCUT2D eigenvalue weighted by Crippen LogP contribution is -2.18. The maximum Gasteiger partial charge on any atom is 0.417 e. The molecule has 7 heteroatoms. The number of nitriles is 1. The van der Waals surface area contributed by atoms with Crippen LogP contribution in [0.15, 0.2) is 35.6 Å². The summed E-state index contributed by atoms with van der Waals surface area (Å²) >= 11 is 1.11. The number of aromatic nitrogens is 2. The summed E-state index contributed by atoms with van der Waals surface area (Å²) in [7, 11) is 0. The average molecular weight is 351 g/mol. The highest BCUT2D eigenvalue weighted by atomic mass is 32.2. The summed E-state index contributed by atoms with van der Waals surface area (Å²) < 4.78 is 40.0. The van der Waals surface area contributed by atoms with Gasteiger partial charge in [-0.1, -0.05) is 26.8 Å². The van der Waals surface area contributed by atoms with E-state index < -0.39 is 22.7 Å². The van der Waals surface area contributed by atoms with Crippen LogP contribution in [0.5, 0.6) is 0 Å². The standard InChI is InChI=1S/C17H16F3N3S/c1-16(2,3)14-7-13(17(18,19)20)12(8-21)15(23-14)24-10-11-5-4-6-22-9-11/h4-7,9H,10H2,1-3H3. The minimum absolute atomic E-state index is 0.0982. The van der Waals surface area contributed by atoms with Gasteiger partial charge in [0.1, 0.15) is 11.1 Å². The van der Waals surface area contributed by atoms with Crippen molar-refractivity contribution in [1.82, 2.24) is 9.97 Å². The third-order valence-corrected chi connectivity index (χ3v) is 4.32. The van der Waals surface area contributed by atoms with Crippen LogP contribution < -0.4 is 0 Å². The Morgan fingerprint density at radius 2 is 1.96 bits per heavy atom. The van der Waals surface area contributed by atoms with Crippen LogP contribution >= 0.6 is 11.8 Å². The van der Waals surface area contributed by atoms with Gasteiger partial charge in [0.25, 0.3) is 0 Å². The minimum Gasteiger partial charge on any atom is -0.264 e. The van der Waals surface area contributed by atoms with Crippen molar-refractivity contribution in [3.8, 4) is 6.07 Å². The molecule has 0 aliphatic carbocycles. The minimum atomic E-state index is -4.60. The summed E-state index contributed by atoms with van der Waals surface area (Å²) in [5.41, 5.74) is -0.758. The van der Waals surface area contributed by atoms with E-state index in [2.05, 4.69) is 9.97 Å². The van der Waals surface area contributed by atoms with E-state index in [-0.39, 0.29) is 5.03 Å². The molecular weight excluding hydrogens is 335 g/mol. The zero-order chi connectivity index (χ0) is 18.0. The second-order valence-corrected chi connectivity index (χ2v) is 7.21. The van der Waals surface area contributed by atoms with E-state index in [0.29, 0.717) is 11.4 Å². The quantitative estimate of drug-likeness (QED) is 0.734. The smallest absolute Gasteiger partial charge is 0.264 e. The van der Waals surface area contributed by atoms with Gasteiger partial charge in [0.15, 0.2) is 0 Å². The van der Waals surface area contributed by atoms with Crippen LogP contribution in [-0.2, 0) is 17.3 Å². The van der Waals surface area contributed by atoms with E-state index in [1.807, 2.05) is 6.07 Å². The molecule has 0 radical (unpaired) electrons. The normalized spacial score (nSPS) is 12.0. The monoisotopic (exact) mass is 351 g/mol. The Balaban J connectivity index is 2.50. The molecular formula is C17H16F3N3S. The molecule has 0 unspecified atom stereocenters. The second kappa shape index (κ2) is 6.81. The molecule has 0 aliphatic heterocycles. The SMILES string of the molecule is CC(C)(C)c1cc(C(F)(F)F)c(C#N)c(SCc2cccnc2)n1. The van der Waals surface area contributed by atoms with Crippen molar-refractivity contribution in [1.29, 1.82) is 5.26 Å². The van der Waals surface area contributed by atoms with E-state index in [0.717, 1.165) is 23.4 Å². The molecule has 0 amide bonds. The zero-order valence-corrected chi connectivity index (χ0v) is 14.3. The third-order valence-electron chi connectivity index (χ3n) is 3.27. The number of rotatable bonds is 3. The average Bonchev–Trinajstić information content (AvgIpc) is 2.51. The molecule has 3 nitrogen and oxygen atoms in total. The maximum absolute atomic E-state index is 13.3. The lowest BCUT2D eigenvalue weighted by Gasteiger charge is -2.21. The van der Waals surface area contributed by atoms with Crippen LogP contribution in [0.25, 0.3) is 0 Å². The van der Waals surface area contributed by atoms with Crippen LogP contribution in [0.3, 0.4) is 0 Å². The molecule has 2 rings (SSSR count). The Morgan fingerprint density at radius 1 is 1.25 bits per heavy atom. The summed E-state index contributed by atoms with van der Waals surface area (Å²) in [6, 6.07) is 6.22. The lowest BCUT2D eigenvalue weighted by molar-refractivity contribution is -0.138. The predicted octanol–water partition coefficient (Wildman–Crippen LogP) is 4.96. The van der Waals surface area contributed by atoms with Gasteiger partial charge in [0.2, 0.25) is 0 Å². The largest absolute Gasteiger partial charge is 0.417 e. The van der Waals surface area contributed by atoms with Crippen molar-refractivity contribution in [2.24, 2.45) is 0 Å². The summed E-state index contributed by atoms with van der Waals surface area (Å²) in [6.07, 6.45) is -1.34. The first-order valence-corrected chi connectivity index (χ1v) is 8.16. The van der Waals surface area contributed by atoms with E-state index in [1.165, 1.54) is 0 Å². The molecule has 0 aromatic carbocycles. The summed E-state index contributed by atoms with van der Waals surface area (Å²) in [4.78, 5) is 8.30. The molecule has 2 aromatic rings. The number of pyridine rings is 2. The Labute approximate surface area is 142 Å². The molecule has 2 heterocycles. The number of hydrogen-bond acceptors (Lipinski definition) is 4. The van der Waals surface area contributed by atoms with Crippen molar-refractivity contribution in [2.75, 3.05) is 0 Å². The van der Waals surface area contributed by atoms with Crippen LogP contribution in [-0.4, -0.2) is 9.97 Å². The highest BCUT2D eigenvalue weighted by Gasteiger charge is 2.37. The van der Waals surface area contributed by atoms with Crippen molar-refractivity contribution < 1.29 is 13.2 Å². The summed E-state index contributed by atoms with van der Waals surface area (Å²) in [6.45, 7) is 5.37. The topological polar surface area (TPSA) is 49.6 Å². The Hall–Kier alpha value is -2.07.